The van der Waals surface area contributed by atoms with Crippen LogP contribution < -0.4 is 4.74 Å². The molecule has 1 fully saturated rings. The normalized spacial score (nSPS) is 18.1. The Balaban J connectivity index is 0.00000282. The molecule has 2 atom stereocenters. The molecule has 2 unspecified atom stereocenters. The van der Waals surface area contributed by atoms with E-state index in [9.17, 15) is 9.59 Å². The van der Waals surface area contributed by atoms with Crippen molar-refractivity contribution in [2.45, 2.75) is 111 Å². The average molecular weight is 631 g/mol. The van der Waals surface area contributed by atoms with Gasteiger partial charge in [0.15, 0.2) is 0 Å². The Bertz CT molecular complexity index is 1370. The zero-order valence-electron chi connectivity index (χ0n) is 29.2. The third-order valence-electron chi connectivity index (χ3n) is 8.29. The highest BCUT2D eigenvalue weighted by Crippen LogP contribution is 2.32. The Labute approximate surface area is 276 Å². The molecule has 0 aliphatic carbocycles. The topological polar surface area (TPSA) is 82.1 Å². The van der Waals surface area contributed by atoms with E-state index in [1.165, 1.54) is 5.56 Å². The second kappa shape index (κ2) is 17.4. The maximum Gasteiger partial charge on any atom is 0.334 e. The molecule has 1 saturated heterocycles. The van der Waals surface area contributed by atoms with Gasteiger partial charge in [0.05, 0.1) is 0 Å². The Kier molecular flexibility index (Phi) is 13.9. The highest BCUT2D eigenvalue weighted by molar-refractivity contribution is 5.90. The number of carbonyl (C=O) groups excluding carboxylic acids is 2. The van der Waals surface area contributed by atoms with E-state index >= 15 is 0 Å². The number of ether oxygens (including phenoxy) is 3. The number of hydrogen-bond donors (Lipinski definition) is 1. The van der Waals surface area contributed by atoms with E-state index in [0.717, 1.165) is 55.2 Å². The van der Waals surface area contributed by atoms with E-state index in [0.29, 0.717) is 36.2 Å². The highest BCUT2D eigenvalue weighted by Gasteiger charge is 2.30. The molecule has 0 amide bonds. The van der Waals surface area contributed by atoms with Crippen LogP contribution in [-0.2, 0) is 30.9 Å². The van der Waals surface area contributed by atoms with Gasteiger partial charge in [-0.05, 0) is 90.3 Å². The molecule has 2 aliphatic heterocycles. The zero-order chi connectivity index (χ0) is 33.9. The maximum atomic E-state index is 12.5. The number of aliphatic hydroxyl groups excluding tert-OH is 1. The van der Waals surface area contributed by atoms with Gasteiger partial charge in [-0.1, -0.05) is 78.5 Å². The number of benzene rings is 2. The van der Waals surface area contributed by atoms with Gasteiger partial charge in [-0.3, -0.25) is 4.79 Å². The molecule has 46 heavy (non-hydrogen) atoms. The first-order valence-electron chi connectivity index (χ1n) is 16.8. The van der Waals surface area contributed by atoms with Crippen molar-refractivity contribution in [3.63, 3.8) is 0 Å². The van der Waals surface area contributed by atoms with Crippen LogP contribution in [0.15, 0.2) is 54.1 Å². The van der Waals surface area contributed by atoms with Crippen molar-refractivity contribution < 1.29 is 28.9 Å². The van der Waals surface area contributed by atoms with Gasteiger partial charge in [0.1, 0.15) is 24.6 Å². The van der Waals surface area contributed by atoms with Gasteiger partial charge >= 0.3 is 11.9 Å². The van der Waals surface area contributed by atoms with Crippen LogP contribution in [0.1, 0.15) is 109 Å². The smallest absolute Gasteiger partial charge is 0.334 e. The van der Waals surface area contributed by atoms with Crippen molar-refractivity contribution in [2.75, 3.05) is 13.7 Å². The Morgan fingerprint density at radius 1 is 0.935 bits per heavy atom. The molecule has 0 radical (unpaired) electrons. The predicted octanol–water partition coefficient (Wildman–Crippen LogP) is 7.96. The molecule has 0 saturated carbocycles. The lowest BCUT2D eigenvalue weighted by atomic mass is 9.86. The van der Waals surface area contributed by atoms with Crippen LogP contribution >= 0.6 is 0 Å². The van der Waals surface area contributed by atoms with Gasteiger partial charge in [0, 0.05) is 43.1 Å². The van der Waals surface area contributed by atoms with Crippen molar-refractivity contribution in [1.82, 2.24) is 0 Å². The fourth-order valence-corrected chi connectivity index (χ4v) is 6.08. The van der Waals surface area contributed by atoms with Crippen LogP contribution in [0.2, 0.25) is 0 Å². The number of fused-ring (bicyclic) bond motifs is 1. The third-order valence-corrected chi connectivity index (χ3v) is 8.29. The van der Waals surface area contributed by atoms with Gasteiger partial charge in [-0.15, -0.1) is 0 Å². The molecule has 250 valence electrons. The van der Waals surface area contributed by atoms with Crippen molar-refractivity contribution >= 4 is 11.9 Å². The number of hydrogen-bond acceptors (Lipinski definition) is 6. The first-order valence-corrected chi connectivity index (χ1v) is 16.8. The molecular formula is C40H54O6. The third kappa shape index (κ3) is 11.7. The monoisotopic (exact) mass is 630 g/mol. The first-order chi connectivity index (χ1) is 21.9. The minimum absolute atomic E-state index is 0.0748. The van der Waals surface area contributed by atoms with E-state index in [-0.39, 0.29) is 36.5 Å². The zero-order valence-corrected chi connectivity index (χ0v) is 29.2. The molecule has 1 N–H and O–H groups in total. The van der Waals surface area contributed by atoms with Crippen LogP contribution in [0.5, 0.6) is 5.75 Å². The average Bonchev–Trinajstić information content (AvgIpc) is 3.58. The second-order valence-corrected chi connectivity index (χ2v) is 14.4. The van der Waals surface area contributed by atoms with Crippen molar-refractivity contribution in [3.05, 3.63) is 76.4 Å². The standard InChI is InChI=1S/C39H50O5.CH4O/c1-26(2)20-30(21-27(3)4)10-14-31-23-35(44-38(31)41)25-42-37(40)19-17-34-24-32-22-29(13-18-36(32)43-34)9-8-28-11-15-33(16-12-28)39(5,6)7;1-2/h11-16,18,22,26-27,30,34-35H,10,17,19-21,23-25H2,1-7H3;2H,1H3/b31-14+;. The van der Waals surface area contributed by atoms with Crippen LogP contribution in [0.4, 0.5) is 0 Å². The van der Waals surface area contributed by atoms with Crippen LogP contribution in [0, 0.1) is 29.6 Å². The first kappa shape index (κ1) is 36.9. The van der Waals surface area contributed by atoms with Crippen LogP contribution in [0.25, 0.3) is 0 Å². The maximum absolute atomic E-state index is 12.5. The van der Waals surface area contributed by atoms with Gasteiger partial charge in [-0.25, -0.2) is 4.79 Å². The number of carbonyl (C=O) groups is 2. The molecule has 2 aromatic carbocycles. The summed E-state index contributed by atoms with van der Waals surface area (Å²) in [5.74, 6) is 8.63. The summed E-state index contributed by atoms with van der Waals surface area (Å²) in [6.07, 6.45) is 6.81. The van der Waals surface area contributed by atoms with E-state index < -0.39 is 6.10 Å². The number of rotatable bonds is 11. The number of aliphatic hydroxyl groups is 1. The van der Waals surface area contributed by atoms with Crippen molar-refractivity contribution in [2.24, 2.45) is 17.8 Å². The summed E-state index contributed by atoms with van der Waals surface area (Å²) < 4.78 is 17.1. The Morgan fingerprint density at radius 3 is 2.20 bits per heavy atom. The molecule has 4 rings (SSSR count). The Hall–Kier alpha value is -3.56. The summed E-state index contributed by atoms with van der Waals surface area (Å²) in [7, 11) is 1.00. The van der Waals surface area contributed by atoms with Gasteiger partial charge in [0.2, 0.25) is 0 Å². The molecule has 0 spiro atoms. The fourth-order valence-electron chi connectivity index (χ4n) is 6.08. The number of cyclic esters (lactones) is 1. The highest BCUT2D eigenvalue weighted by atomic mass is 16.6. The lowest BCUT2D eigenvalue weighted by Crippen LogP contribution is -2.20. The molecule has 2 aromatic rings. The summed E-state index contributed by atoms with van der Waals surface area (Å²) in [4.78, 5) is 24.9. The molecule has 0 bridgehead atoms. The number of allylic oxidation sites excluding steroid dienone is 1. The van der Waals surface area contributed by atoms with E-state index in [1.54, 1.807) is 0 Å². The van der Waals surface area contributed by atoms with E-state index in [1.807, 2.05) is 12.1 Å². The van der Waals surface area contributed by atoms with Gasteiger partial charge in [-0.2, -0.15) is 0 Å². The molecule has 2 heterocycles. The second-order valence-electron chi connectivity index (χ2n) is 14.4. The van der Waals surface area contributed by atoms with E-state index in [4.69, 9.17) is 19.3 Å². The largest absolute Gasteiger partial charge is 0.490 e. The molecule has 0 aromatic heterocycles. The molecule has 2 aliphatic rings. The summed E-state index contributed by atoms with van der Waals surface area (Å²) in [6, 6.07) is 14.5. The SMILES string of the molecule is CC(C)CC(C/C=C1\CC(COC(=O)CCC2Cc3cc(C#Cc4ccc(C(C)(C)C)cc4)ccc3O2)OC1=O)CC(C)C.CO. The molecule has 6 nitrogen and oxygen atoms in total. The number of esters is 2. The lowest BCUT2D eigenvalue weighted by Gasteiger charge is -2.19. The molecule has 6 heteroatoms. The minimum atomic E-state index is -0.408. The van der Waals surface area contributed by atoms with E-state index in [2.05, 4.69) is 96.7 Å². The summed E-state index contributed by atoms with van der Waals surface area (Å²) in [5.41, 5.74) is 5.17. The lowest BCUT2D eigenvalue weighted by molar-refractivity contribution is -0.152. The summed E-state index contributed by atoms with van der Waals surface area (Å²) in [6.45, 7) is 15.7. The molecular weight excluding hydrogens is 576 g/mol. The summed E-state index contributed by atoms with van der Waals surface area (Å²) in [5, 5.41) is 7.00. The van der Waals surface area contributed by atoms with Gasteiger partial charge < -0.3 is 19.3 Å². The van der Waals surface area contributed by atoms with Crippen molar-refractivity contribution in [1.29, 1.82) is 0 Å². The van der Waals surface area contributed by atoms with Crippen LogP contribution in [-0.4, -0.2) is 43.0 Å². The van der Waals surface area contributed by atoms with Crippen molar-refractivity contribution in [3.8, 4) is 17.6 Å². The predicted molar refractivity (Wildman–Crippen MR) is 184 cm³/mol. The Morgan fingerprint density at radius 2 is 1.57 bits per heavy atom. The minimum Gasteiger partial charge on any atom is -0.490 e. The van der Waals surface area contributed by atoms with Gasteiger partial charge in [0.25, 0.3) is 0 Å². The summed E-state index contributed by atoms with van der Waals surface area (Å²) >= 11 is 0. The quantitative estimate of drug-likeness (QED) is 0.154. The van der Waals surface area contributed by atoms with Crippen LogP contribution in [0.3, 0.4) is 0 Å². The fraction of sp³-hybridized carbons (Fsp3) is 0.550.